The van der Waals surface area contributed by atoms with Gasteiger partial charge >= 0.3 is 0 Å². The predicted octanol–water partition coefficient (Wildman–Crippen LogP) is 3.30. The lowest BCUT2D eigenvalue weighted by Gasteiger charge is -2.29. The molecule has 2 nitrogen and oxygen atoms in total. The van der Waals surface area contributed by atoms with Crippen LogP contribution in [-0.2, 0) is 0 Å². The Hall–Kier alpha value is 0.1000. The second-order valence-corrected chi connectivity index (χ2v) is 6.51. The summed E-state index contributed by atoms with van der Waals surface area (Å²) in [5, 5.41) is 0. The molecule has 1 saturated carbocycles. The minimum absolute atomic E-state index is 0.410. The van der Waals surface area contributed by atoms with Crippen molar-refractivity contribution in [1.29, 1.82) is 0 Å². The van der Waals surface area contributed by atoms with Gasteiger partial charge in [-0.25, -0.2) is 0 Å². The fraction of sp³-hybridized carbons (Fsp3) is 0.667. The highest BCUT2D eigenvalue weighted by molar-refractivity contribution is 9.10. The highest BCUT2D eigenvalue weighted by Crippen LogP contribution is 2.38. The van der Waals surface area contributed by atoms with Crippen molar-refractivity contribution in [3.8, 4) is 0 Å². The Morgan fingerprint density at radius 3 is 2.69 bits per heavy atom. The van der Waals surface area contributed by atoms with Gasteiger partial charge in [-0.2, -0.15) is 0 Å². The molecule has 0 radical (unpaired) electrons. The average molecular weight is 303 g/mol. The van der Waals surface area contributed by atoms with Crippen molar-refractivity contribution >= 4 is 27.3 Å². The van der Waals surface area contributed by atoms with Gasteiger partial charge in [-0.15, -0.1) is 11.3 Å². The third-order valence-electron chi connectivity index (χ3n) is 3.21. The van der Waals surface area contributed by atoms with Gasteiger partial charge in [-0.05, 0) is 48.3 Å². The number of thiophene rings is 1. The first-order chi connectivity index (χ1) is 7.67. The van der Waals surface area contributed by atoms with Crippen molar-refractivity contribution in [3.63, 3.8) is 0 Å². The van der Waals surface area contributed by atoms with E-state index < -0.39 is 0 Å². The lowest BCUT2D eigenvalue weighted by Crippen LogP contribution is -2.34. The number of halogens is 1. The molecule has 0 aromatic carbocycles. The Labute approximate surface area is 110 Å². The number of likely N-dealkylation sites (N-methyl/N-ethyl adjacent to an activating group) is 1. The van der Waals surface area contributed by atoms with Crippen LogP contribution < -0.4 is 5.73 Å². The molecule has 1 unspecified atom stereocenters. The first-order valence-electron chi connectivity index (χ1n) is 5.89. The predicted molar refractivity (Wildman–Crippen MR) is 74.0 cm³/mol. The minimum atomic E-state index is 0.410. The molecule has 1 fully saturated rings. The van der Waals surface area contributed by atoms with Crippen LogP contribution in [-0.4, -0.2) is 24.0 Å². The van der Waals surface area contributed by atoms with Crippen LogP contribution in [0.1, 0.15) is 35.6 Å². The normalized spacial score (nSPS) is 18.1. The number of hydrogen-bond acceptors (Lipinski definition) is 3. The molecule has 16 heavy (non-hydrogen) atoms. The summed E-state index contributed by atoms with van der Waals surface area (Å²) in [7, 11) is 0. The van der Waals surface area contributed by atoms with Crippen LogP contribution in [0, 0.1) is 6.92 Å². The maximum absolute atomic E-state index is 5.96. The first kappa shape index (κ1) is 12.6. The van der Waals surface area contributed by atoms with Gasteiger partial charge in [-0.3, -0.25) is 4.90 Å². The first-order valence-corrected chi connectivity index (χ1v) is 7.50. The number of aryl methyl sites for hydroxylation is 1. The monoisotopic (exact) mass is 302 g/mol. The van der Waals surface area contributed by atoms with E-state index in [4.69, 9.17) is 5.73 Å². The Bertz CT molecular complexity index is 340. The molecular weight excluding hydrogens is 284 g/mol. The lowest BCUT2D eigenvalue weighted by molar-refractivity contribution is 0.205. The van der Waals surface area contributed by atoms with Crippen molar-refractivity contribution in [3.05, 3.63) is 20.3 Å². The zero-order valence-electron chi connectivity index (χ0n) is 9.87. The van der Waals surface area contributed by atoms with E-state index in [0.29, 0.717) is 6.04 Å². The summed E-state index contributed by atoms with van der Waals surface area (Å²) in [6.45, 7) is 6.20. The largest absolute Gasteiger partial charge is 0.329 e. The molecule has 2 rings (SSSR count). The van der Waals surface area contributed by atoms with Crippen molar-refractivity contribution in [2.24, 2.45) is 5.73 Å². The van der Waals surface area contributed by atoms with E-state index >= 15 is 0 Å². The van der Waals surface area contributed by atoms with E-state index in [1.54, 1.807) is 0 Å². The van der Waals surface area contributed by atoms with Crippen LogP contribution in [0.4, 0.5) is 0 Å². The molecule has 1 aliphatic carbocycles. The van der Waals surface area contributed by atoms with Crippen LogP contribution >= 0.6 is 27.3 Å². The molecule has 1 atom stereocenters. The number of rotatable bonds is 5. The van der Waals surface area contributed by atoms with E-state index in [9.17, 15) is 0 Å². The average Bonchev–Trinajstić information content (AvgIpc) is 3.03. The van der Waals surface area contributed by atoms with Crippen LogP contribution in [0.25, 0.3) is 0 Å². The van der Waals surface area contributed by atoms with Gasteiger partial charge in [0.05, 0.1) is 6.04 Å². The van der Waals surface area contributed by atoms with Gasteiger partial charge in [-0.1, -0.05) is 6.92 Å². The topological polar surface area (TPSA) is 29.3 Å². The Morgan fingerprint density at radius 1 is 1.62 bits per heavy atom. The van der Waals surface area contributed by atoms with Gasteiger partial charge in [0.2, 0.25) is 0 Å². The summed E-state index contributed by atoms with van der Waals surface area (Å²) >= 11 is 5.46. The molecule has 1 aromatic rings. The van der Waals surface area contributed by atoms with Gasteiger partial charge in [0.15, 0.2) is 0 Å². The molecular formula is C12H19BrN2S. The SMILES string of the molecule is CCN(C1CC1)C(CN)c1cc(Br)c(C)s1. The van der Waals surface area contributed by atoms with E-state index in [1.165, 1.54) is 27.1 Å². The zero-order valence-corrected chi connectivity index (χ0v) is 12.3. The van der Waals surface area contributed by atoms with Crippen molar-refractivity contribution in [2.45, 2.75) is 38.8 Å². The zero-order chi connectivity index (χ0) is 11.7. The Kier molecular flexibility index (Phi) is 4.06. The quantitative estimate of drug-likeness (QED) is 0.904. The van der Waals surface area contributed by atoms with Gasteiger partial charge in [0.25, 0.3) is 0 Å². The molecule has 0 aliphatic heterocycles. The molecule has 0 amide bonds. The fourth-order valence-electron chi connectivity index (χ4n) is 2.20. The molecule has 90 valence electrons. The van der Waals surface area contributed by atoms with Crippen LogP contribution in [0.5, 0.6) is 0 Å². The molecule has 1 aliphatic rings. The van der Waals surface area contributed by atoms with E-state index in [0.717, 1.165) is 19.1 Å². The summed E-state index contributed by atoms with van der Waals surface area (Å²) in [5.74, 6) is 0. The molecule has 0 bridgehead atoms. The fourth-order valence-corrected chi connectivity index (χ4v) is 3.90. The van der Waals surface area contributed by atoms with Gasteiger partial charge < -0.3 is 5.73 Å². The summed E-state index contributed by atoms with van der Waals surface area (Å²) in [6.07, 6.45) is 2.69. The molecule has 1 heterocycles. The van der Waals surface area contributed by atoms with Gasteiger partial charge in [0.1, 0.15) is 0 Å². The third-order valence-corrected chi connectivity index (χ3v) is 5.45. The number of hydrogen-bond donors (Lipinski definition) is 1. The molecule has 1 aromatic heterocycles. The summed E-state index contributed by atoms with van der Waals surface area (Å²) in [6, 6.07) is 3.43. The van der Waals surface area contributed by atoms with Gasteiger partial charge in [0, 0.05) is 26.8 Å². The molecule has 0 saturated heterocycles. The minimum Gasteiger partial charge on any atom is -0.329 e. The van der Waals surface area contributed by atoms with E-state index in [1.807, 2.05) is 11.3 Å². The lowest BCUT2D eigenvalue weighted by atomic mass is 10.2. The molecule has 2 N–H and O–H groups in total. The van der Waals surface area contributed by atoms with Crippen LogP contribution in [0.15, 0.2) is 10.5 Å². The maximum atomic E-state index is 5.96. The number of nitrogens with zero attached hydrogens (tertiary/aromatic N) is 1. The maximum Gasteiger partial charge on any atom is 0.0567 e. The van der Waals surface area contributed by atoms with Crippen LogP contribution in [0.2, 0.25) is 0 Å². The third kappa shape index (κ3) is 2.50. The standard InChI is InChI=1S/C12H19BrN2S/c1-3-15(9-4-5-9)11(7-14)12-6-10(13)8(2)16-12/h6,9,11H,3-5,7,14H2,1-2H3. The second kappa shape index (κ2) is 5.17. The van der Waals surface area contributed by atoms with Crippen molar-refractivity contribution < 1.29 is 0 Å². The smallest absolute Gasteiger partial charge is 0.0567 e. The highest BCUT2D eigenvalue weighted by Gasteiger charge is 2.33. The summed E-state index contributed by atoms with van der Waals surface area (Å²) in [4.78, 5) is 5.30. The molecule has 4 heteroatoms. The summed E-state index contributed by atoms with van der Waals surface area (Å²) in [5.41, 5.74) is 5.96. The van der Waals surface area contributed by atoms with Crippen LogP contribution in [0.3, 0.4) is 0 Å². The van der Waals surface area contributed by atoms with E-state index in [2.05, 4.69) is 40.7 Å². The highest BCUT2D eigenvalue weighted by atomic mass is 79.9. The number of nitrogens with two attached hydrogens (primary N) is 1. The molecule has 0 spiro atoms. The van der Waals surface area contributed by atoms with Crippen molar-refractivity contribution in [2.75, 3.05) is 13.1 Å². The second-order valence-electron chi connectivity index (χ2n) is 4.37. The van der Waals surface area contributed by atoms with E-state index in [-0.39, 0.29) is 0 Å². The Morgan fingerprint density at radius 2 is 2.31 bits per heavy atom. The Balaban J connectivity index is 2.20. The van der Waals surface area contributed by atoms with Crippen molar-refractivity contribution in [1.82, 2.24) is 4.90 Å². The summed E-state index contributed by atoms with van der Waals surface area (Å²) < 4.78 is 1.22.